The predicted octanol–water partition coefficient (Wildman–Crippen LogP) is 3.79. The fourth-order valence-electron chi connectivity index (χ4n) is 4.12. The van der Waals surface area contributed by atoms with Gasteiger partial charge in [-0.25, -0.2) is 0 Å². The number of carbonyl (C=O) groups is 1. The van der Waals surface area contributed by atoms with E-state index in [-0.39, 0.29) is 11.7 Å². The lowest BCUT2D eigenvalue weighted by molar-refractivity contribution is -0.159. The molecule has 1 aliphatic rings. The Bertz CT molecular complexity index is 792. The monoisotopic (exact) mass is 383 g/mol. The number of phenolic OH excluding ortho intramolecular Hbond substituents is 1. The number of hydrogen-bond acceptors (Lipinski definition) is 5. The largest absolute Gasteiger partial charge is 0.508 e. The molecule has 2 aromatic carbocycles. The van der Waals surface area contributed by atoms with E-state index in [1.54, 1.807) is 19.2 Å². The van der Waals surface area contributed by atoms with E-state index in [0.717, 1.165) is 30.5 Å². The molecule has 0 aromatic heterocycles. The highest BCUT2D eigenvalue weighted by molar-refractivity contribution is 5.77. The first-order valence-corrected chi connectivity index (χ1v) is 9.86. The lowest BCUT2D eigenvalue weighted by atomic mass is 9.75. The second-order valence-electron chi connectivity index (χ2n) is 7.47. The molecule has 1 saturated heterocycles. The minimum atomic E-state index is -0.542. The number of benzene rings is 2. The Morgan fingerprint density at radius 3 is 2.71 bits per heavy atom. The van der Waals surface area contributed by atoms with E-state index < -0.39 is 5.41 Å². The van der Waals surface area contributed by atoms with Crippen molar-refractivity contribution in [3.63, 3.8) is 0 Å². The molecule has 0 spiro atoms. The molecular formula is C23H29NO4. The fraction of sp³-hybridized carbons (Fsp3) is 0.435. The van der Waals surface area contributed by atoms with Gasteiger partial charge in [0, 0.05) is 24.7 Å². The first-order chi connectivity index (χ1) is 13.6. The molecule has 1 N–H and O–H groups in total. The van der Waals surface area contributed by atoms with Crippen LogP contribution >= 0.6 is 0 Å². The van der Waals surface area contributed by atoms with Crippen molar-refractivity contribution >= 4 is 5.97 Å². The zero-order valence-electron chi connectivity index (χ0n) is 16.7. The first kappa shape index (κ1) is 20.2. The van der Waals surface area contributed by atoms with Gasteiger partial charge in [-0.2, -0.15) is 0 Å². The van der Waals surface area contributed by atoms with E-state index in [9.17, 15) is 9.90 Å². The van der Waals surface area contributed by atoms with Crippen molar-refractivity contribution in [1.82, 2.24) is 4.90 Å². The molecule has 1 unspecified atom stereocenters. The van der Waals surface area contributed by atoms with Crippen molar-refractivity contribution in [3.05, 3.63) is 59.7 Å². The lowest BCUT2D eigenvalue weighted by Gasteiger charge is -2.41. The molecule has 3 rings (SSSR count). The van der Waals surface area contributed by atoms with Crippen molar-refractivity contribution in [3.8, 4) is 11.5 Å². The molecule has 0 radical (unpaired) electrons. The number of likely N-dealkylation sites (tertiary alicyclic amines) is 1. The molecule has 5 nitrogen and oxygen atoms in total. The summed E-state index contributed by atoms with van der Waals surface area (Å²) in [6.45, 7) is 4.47. The van der Waals surface area contributed by atoms with Gasteiger partial charge in [-0.15, -0.1) is 0 Å². The van der Waals surface area contributed by atoms with E-state index in [0.29, 0.717) is 31.9 Å². The van der Waals surface area contributed by atoms with Crippen molar-refractivity contribution in [2.75, 3.05) is 26.8 Å². The van der Waals surface area contributed by atoms with Crippen LogP contribution < -0.4 is 4.74 Å². The van der Waals surface area contributed by atoms with Crippen LogP contribution in [0.2, 0.25) is 0 Å². The number of ether oxygens (including phenoxy) is 2. The molecular weight excluding hydrogens is 354 g/mol. The molecule has 2 aromatic rings. The van der Waals surface area contributed by atoms with Crippen molar-refractivity contribution in [1.29, 1.82) is 0 Å². The molecule has 1 fully saturated rings. The van der Waals surface area contributed by atoms with E-state index >= 15 is 0 Å². The second-order valence-corrected chi connectivity index (χ2v) is 7.47. The van der Waals surface area contributed by atoms with E-state index in [1.807, 2.05) is 31.2 Å². The Balaban J connectivity index is 1.82. The quantitative estimate of drug-likeness (QED) is 0.737. The average Bonchev–Trinajstić information content (AvgIpc) is 2.70. The van der Waals surface area contributed by atoms with Crippen molar-refractivity contribution in [2.45, 2.75) is 32.7 Å². The highest BCUT2D eigenvalue weighted by atomic mass is 16.5. The lowest BCUT2D eigenvalue weighted by Crippen LogP contribution is -2.49. The second kappa shape index (κ2) is 9.11. The van der Waals surface area contributed by atoms with Crippen LogP contribution in [-0.2, 0) is 22.5 Å². The van der Waals surface area contributed by atoms with Crippen LogP contribution in [0.3, 0.4) is 0 Å². The fourth-order valence-corrected chi connectivity index (χ4v) is 4.12. The zero-order valence-corrected chi connectivity index (χ0v) is 16.7. The summed E-state index contributed by atoms with van der Waals surface area (Å²) in [5.74, 6) is 0.737. The van der Waals surface area contributed by atoms with Gasteiger partial charge in [0.05, 0.1) is 19.1 Å². The third kappa shape index (κ3) is 4.65. The Morgan fingerprint density at radius 2 is 2.00 bits per heavy atom. The maximum Gasteiger partial charge on any atom is 0.313 e. The number of phenols is 1. The number of esters is 1. The highest BCUT2D eigenvalue weighted by Gasteiger charge is 2.43. The minimum Gasteiger partial charge on any atom is -0.508 e. The van der Waals surface area contributed by atoms with E-state index in [1.165, 1.54) is 0 Å². The summed E-state index contributed by atoms with van der Waals surface area (Å²) in [5, 5.41) is 9.70. The number of methoxy groups -OCH3 is 1. The molecule has 1 aliphatic heterocycles. The smallest absolute Gasteiger partial charge is 0.313 e. The van der Waals surface area contributed by atoms with Gasteiger partial charge >= 0.3 is 5.97 Å². The van der Waals surface area contributed by atoms with Crippen molar-refractivity contribution < 1.29 is 19.4 Å². The molecule has 0 amide bonds. The SMILES string of the molecule is CCOC(=O)C1(Cc2ccccc2)CCCN(Cc2ccc(O)cc2OC)C1. The Labute approximate surface area is 166 Å². The summed E-state index contributed by atoms with van der Waals surface area (Å²) in [4.78, 5) is 15.3. The van der Waals surface area contributed by atoms with Gasteiger partial charge in [0.25, 0.3) is 0 Å². The summed E-state index contributed by atoms with van der Waals surface area (Å²) in [6, 6.07) is 15.3. The molecule has 1 heterocycles. The van der Waals surface area contributed by atoms with Crippen LogP contribution in [0.15, 0.2) is 48.5 Å². The van der Waals surface area contributed by atoms with Crippen molar-refractivity contribution in [2.24, 2.45) is 5.41 Å². The molecule has 1 atom stereocenters. The summed E-state index contributed by atoms with van der Waals surface area (Å²) in [7, 11) is 1.60. The Hall–Kier alpha value is -2.53. The minimum absolute atomic E-state index is 0.110. The molecule has 28 heavy (non-hydrogen) atoms. The predicted molar refractivity (Wildman–Crippen MR) is 108 cm³/mol. The third-order valence-corrected chi connectivity index (χ3v) is 5.41. The van der Waals surface area contributed by atoms with Crippen LogP contribution in [-0.4, -0.2) is 42.8 Å². The maximum atomic E-state index is 13.0. The van der Waals surface area contributed by atoms with Gasteiger partial charge in [-0.05, 0) is 44.4 Å². The molecule has 150 valence electrons. The van der Waals surface area contributed by atoms with Crippen LogP contribution in [0, 0.1) is 5.41 Å². The first-order valence-electron chi connectivity index (χ1n) is 9.86. The number of aromatic hydroxyl groups is 1. The van der Waals surface area contributed by atoms with Crippen LogP contribution in [0.1, 0.15) is 30.9 Å². The molecule has 0 bridgehead atoms. The van der Waals surface area contributed by atoms with Gasteiger partial charge in [-0.3, -0.25) is 9.69 Å². The normalized spacial score (nSPS) is 19.9. The summed E-state index contributed by atoms with van der Waals surface area (Å²) in [5.41, 5.74) is 1.61. The summed E-state index contributed by atoms with van der Waals surface area (Å²) >= 11 is 0. The van der Waals surface area contributed by atoms with Gasteiger partial charge in [-0.1, -0.05) is 36.4 Å². The third-order valence-electron chi connectivity index (χ3n) is 5.41. The number of nitrogens with zero attached hydrogens (tertiary/aromatic N) is 1. The molecule has 0 aliphatic carbocycles. The number of rotatable bonds is 7. The number of carbonyl (C=O) groups excluding carboxylic acids is 1. The zero-order chi connectivity index (χ0) is 20.0. The maximum absolute atomic E-state index is 13.0. The van der Waals surface area contributed by atoms with Crippen LogP contribution in [0.25, 0.3) is 0 Å². The highest BCUT2D eigenvalue weighted by Crippen LogP contribution is 2.37. The van der Waals surface area contributed by atoms with E-state index in [2.05, 4.69) is 17.0 Å². The van der Waals surface area contributed by atoms with Crippen LogP contribution in [0.5, 0.6) is 11.5 Å². The molecule has 5 heteroatoms. The standard InChI is InChI=1S/C23H29NO4/c1-3-28-22(26)23(15-18-8-5-4-6-9-18)12-7-13-24(17-23)16-19-10-11-20(25)14-21(19)27-2/h4-6,8-11,14,25H,3,7,12-13,15-17H2,1-2H3. The number of hydrogen-bond donors (Lipinski definition) is 1. The molecule has 0 saturated carbocycles. The van der Waals surface area contributed by atoms with Gasteiger partial charge < -0.3 is 14.6 Å². The Morgan fingerprint density at radius 1 is 1.21 bits per heavy atom. The van der Waals surface area contributed by atoms with E-state index in [4.69, 9.17) is 9.47 Å². The Kier molecular flexibility index (Phi) is 6.57. The van der Waals surface area contributed by atoms with Gasteiger partial charge in [0.1, 0.15) is 11.5 Å². The van der Waals surface area contributed by atoms with Gasteiger partial charge in [0.2, 0.25) is 0 Å². The summed E-state index contributed by atoms with van der Waals surface area (Å²) in [6.07, 6.45) is 2.44. The number of piperidine rings is 1. The van der Waals surface area contributed by atoms with Gasteiger partial charge in [0.15, 0.2) is 0 Å². The topological polar surface area (TPSA) is 59.0 Å². The van der Waals surface area contributed by atoms with Crippen LogP contribution in [0.4, 0.5) is 0 Å². The average molecular weight is 383 g/mol. The summed E-state index contributed by atoms with van der Waals surface area (Å²) < 4.78 is 10.9.